The van der Waals surface area contributed by atoms with E-state index in [1.807, 2.05) is 24.3 Å². The molecule has 4 rings (SSSR count). The Hall–Kier alpha value is -2.13. The summed E-state index contributed by atoms with van der Waals surface area (Å²) in [5, 5.41) is 0.761. The van der Waals surface area contributed by atoms with Gasteiger partial charge in [-0.2, -0.15) is 0 Å². The van der Waals surface area contributed by atoms with E-state index in [1.165, 1.54) is 11.1 Å². The van der Waals surface area contributed by atoms with Gasteiger partial charge in [0.15, 0.2) is 0 Å². The van der Waals surface area contributed by atoms with Gasteiger partial charge in [-0.1, -0.05) is 84.4 Å². The third-order valence-corrected chi connectivity index (χ3v) is 5.12. The summed E-state index contributed by atoms with van der Waals surface area (Å²) in [5.74, 6) is 0. The van der Waals surface area contributed by atoms with Gasteiger partial charge in [0, 0.05) is 18.1 Å². The number of benzene rings is 3. The normalized spacial score (nSPS) is 15.2. The predicted octanol–water partition coefficient (Wildman–Crippen LogP) is 5.33. The lowest BCUT2D eigenvalue weighted by Gasteiger charge is -2.44. The zero-order valence-corrected chi connectivity index (χ0v) is 15.3. The molecule has 0 atom stereocenters. The van der Waals surface area contributed by atoms with Crippen LogP contribution in [0.25, 0.3) is 0 Å². The summed E-state index contributed by atoms with van der Waals surface area (Å²) in [4.78, 5) is 2.48. The van der Waals surface area contributed by atoms with Crippen molar-refractivity contribution in [1.82, 2.24) is 4.90 Å². The Morgan fingerprint density at radius 2 is 1.35 bits per heavy atom. The van der Waals surface area contributed by atoms with Gasteiger partial charge in [0.2, 0.25) is 0 Å². The second-order valence-corrected chi connectivity index (χ2v) is 7.17. The van der Waals surface area contributed by atoms with Crippen LogP contribution >= 0.6 is 11.6 Å². The first kappa shape index (κ1) is 17.3. The van der Waals surface area contributed by atoms with Gasteiger partial charge in [-0.25, -0.2) is 0 Å². The van der Waals surface area contributed by atoms with Gasteiger partial charge in [-0.3, -0.25) is 4.90 Å². The van der Waals surface area contributed by atoms with Crippen LogP contribution in [0.2, 0.25) is 5.02 Å². The van der Waals surface area contributed by atoms with E-state index < -0.39 is 0 Å². The smallest absolute Gasteiger partial charge is 0.0833 e. The van der Waals surface area contributed by atoms with Crippen molar-refractivity contribution in [3.63, 3.8) is 0 Å². The maximum Gasteiger partial charge on any atom is 0.0833 e. The van der Waals surface area contributed by atoms with Crippen molar-refractivity contribution in [2.75, 3.05) is 13.1 Å². The minimum absolute atomic E-state index is 0.278. The lowest BCUT2D eigenvalue weighted by atomic mass is 9.94. The Bertz CT molecular complexity index is 774. The third-order valence-electron chi connectivity index (χ3n) is 4.87. The molecule has 0 spiro atoms. The highest BCUT2D eigenvalue weighted by Gasteiger charge is 2.34. The minimum Gasteiger partial charge on any atom is -0.371 e. The first-order valence-corrected chi connectivity index (χ1v) is 9.37. The first-order valence-electron chi connectivity index (χ1n) is 8.99. The third kappa shape index (κ3) is 3.99. The van der Waals surface area contributed by atoms with E-state index in [9.17, 15) is 0 Å². The average Bonchev–Trinajstić information content (AvgIpc) is 2.66. The maximum absolute atomic E-state index is 6.07. The Morgan fingerprint density at radius 3 is 1.88 bits per heavy atom. The van der Waals surface area contributed by atoms with Crippen LogP contribution in [0.3, 0.4) is 0 Å². The van der Waals surface area contributed by atoms with Crippen LogP contribution < -0.4 is 0 Å². The molecule has 0 amide bonds. The van der Waals surface area contributed by atoms with Gasteiger partial charge in [0.05, 0.1) is 18.8 Å². The molecule has 1 aliphatic rings. The number of hydrogen-bond donors (Lipinski definition) is 0. The molecule has 132 valence electrons. The van der Waals surface area contributed by atoms with Crippen LogP contribution in [0.5, 0.6) is 0 Å². The monoisotopic (exact) mass is 363 g/mol. The number of halogens is 1. The first-order chi connectivity index (χ1) is 12.8. The SMILES string of the molecule is Clc1ccc(COC2CN(C(c3ccccc3)c3ccccc3)C2)cc1. The molecule has 0 N–H and O–H groups in total. The summed E-state index contributed by atoms with van der Waals surface area (Å²) in [6.07, 6.45) is 0.278. The fourth-order valence-corrected chi connectivity index (χ4v) is 3.59. The molecule has 0 radical (unpaired) electrons. The Kier molecular flexibility index (Phi) is 5.35. The molecule has 0 unspecified atom stereocenters. The number of rotatable bonds is 6. The molecule has 0 aromatic heterocycles. The molecule has 0 saturated carbocycles. The summed E-state index contributed by atoms with van der Waals surface area (Å²) in [7, 11) is 0. The van der Waals surface area contributed by atoms with Crippen molar-refractivity contribution in [3.8, 4) is 0 Å². The van der Waals surface area contributed by atoms with Gasteiger partial charge in [-0.15, -0.1) is 0 Å². The molecule has 1 heterocycles. The number of likely N-dealkylation sites (tertiary alicyclic amines) is 1. The fraction of sp³-hybridized carbons (Fsp3) is 0.217. The Balaban J connectivity index is 1.40. The van der Waals surface area contributed by atoms with E-state index in [1.54, 1.807) is 0 Å². The maximum atomic E-state index is 6.07. The predicted molar refractivity (Wildman–Crippen MR) is 106 cm³/mol. The van der Waals surface area contributed by atoms with Gasteiger partial charge in [0.1, 0.15) is 0 Å². The molecule has 1 saturated heterocycles. The van der Waals surface area contributed by atoms with E-state index in [-0.39, 0.29) is 12.1 Å². The quantitative estimate of drug-likeness (QED) is 0.586. The van der Waals surface area contributed by atoms with Crippen LogP contribution in [0, 0.1) is 0 Å². The molecule has 26 heavy (non-hydrogen) atoms. The standard InChI is InChI=1S/C23H22ClNO/c24-21-13-11-18(12-14-21)17-26-22-15-25(16-22)23(19-7-3-1-4-8-19)20-9-5-2-6-10-20/h1-14,22-23H,15-17H2. The molecule has 2 nitrogen and oxygen atoms in total. The van der Waals surface area contributed by atoms with Crippen molar-refractivity contribution in [2.45, 2.75) is 18.8 Å². The lowest BCUT2D eigenvalue weighted by molar-refractivity contribution is -0.0740. The number of hydrogen-bond acceptors (Lipinski definition) is 2. The van der Waals surface area contributed by atoms with Crippen molar-refractivity contribution < 1.29 is 4.74 Å². The lowest BCUT2D eigenvalue weighted by Crippen LogP contribution is -2.53. The van der Waals surface area contributed by atoms with Gasteiger partial charge in [-0.05, 0) is 28.8 Å². The molecule has 1 fully saturated rings. The number of ether oxygens (including phenoxy) is 1. The Morgan fingerprint density at radius 1 is 0.808 bits per heavy atom. The minimum atomic E-state index is 0.278. The molecular formula is C23H22ClNO. The van der Waals surface area contributed by atoms with Crippen molar-refractivity contribution in [1.29, 1.82) is 0 Å². The summed E-state index contributed by atoms with van der Waals surface area (Å²) in [6, 6.07) is 29.6. The van der Waals surface area contributed by atoms with Crippen LogP contribution in [0.1, 0.15) is 22.7 Å². The van der Waals surface area contributed by atoms with E-state index in [4.69, 9.17) is 16.3 Å². The average molecular weight is 364 g/mol. The zero-order valence-electron chi connectivity index (χ0n) is 14.6. The highest BCUT2D eigenvalue weighted by Crippen LogP contribution is 2.33. The summed E-state index contributed by atoms with van der Waals surface area (Å²) >= 11 is 5.94. The van der Waals surface area contributed by atoms with E-state index in [0.29, 0.717) is 6.61 Å². The topological polar surface area (TPSA) is 12.5 Å². The molecule has 3 aromatic carbocycles. The summed E-state index contributed by atoms with van der Waals surface area (Å²) in [6.45, 7) is 2.53. The Labute approximate surface area is 160 Å². The van der Waals surface area contributed by atoms with E-state index in [0.717, 1.165) is 23.7 Å². The zero-order chi connectivity index (χ0) is 17.8. The molecule has 0 aliphatic carbocycles. The fourth-order valence-electron chi connectivity index (χ4n) is 3.47. The van der Waals surface area contributed by atoms with Crippen molar-refractivity contribution >= 4 is 11.6 Å². The second-order valence-electron chi connectivity index (χ2n) is 6.74. The molecular weight excluding hydrogens is 342 g/mol. The second kappa shape index (κ2) is 8.05. The van der Waals surface area contributed by atoms with Gasteiger partial charge >= 0.3 is 0 Å². The highest BCUT2D eigenvalue weighted by molar-refractivity contribution is 6.30. The van der Waals surface area contributed by atoms with Crippen LogP contribution in [0.15, 0.2) is 84.9 Å². The number of nitrogens with zero attached hydrogens (tertiary/aromatic N) is 1. The highest BCUT2D eigenvalue weighted by atomic mass is 35.5. The van der Waals surface area contributed by atoms with Crippen LogP contribution in [0.4, 0.5) is 0 Å². The molecule has 3 aromatic rings. The van der Waals surface area contributed by atoms with Gasteiger partial charge < -0.3 is 4.74 Å². The summed E-state index contributed by atoms with van der Waals surface area (Å²) < 4.78 is 6.07. The van der Waals surface area contributed by atoms with Crippen LogP contribution in [-0.2, 0) is 11.3 Å². The summed E-state index contributed by atoms with van der Waals surface area (Å²) in [5.41, 5.74) is 3.82. The molecule has 3 heteroatoms. The largest absolute Gasteiger partial charge is 0.371 e. The van der Waals surface area contributed by atoms with E-state index >= 15 is 0 Å². The van der Waals surface area contributed by atoms with Gasteiger partial charge in [0.25, 0.3) is 0 Å². The molecule has 1 aliphatic heterocycles. The van der Waals surface area contributed by atoms with Crippen molar-refractivity contribution in [3.05, 3.63) is 107 Å². The van der Waals surface area contributed by atoms with Crippen molar-refractivity contribution in [2.24, 2.45) is 0 Å². The van der Waals surface area contributed by atoms with E-state index in [2.05, 4.69) is 65.6 Å². The molecule has 0 bridgehead atoms. The van der Waals surface area contributed by atoms with Crippen LogP contribution in [-0.4, -0.2) is 24.1 Å².